The minimum Gasteiger partial charge on any atom is -0.346 e. The number of nitrogens with one attached hydrogen (secondary N) is 1. The van der Waals surface area contributed by atoms with Crippen molar-refractivity contribution in [2.24, 2.45) is 0 Å². The first kappa shape index (κ1) is 23.5. The zero-order valence-corrected chi connectivity index (χ0v) is 21.2. The van der Waals surface area contributed by atoms with Gasteiger partial charge in [0.2, 0.25) is 0 Å². The third-order valence-corrected chi connectivity index (χ3v) is 7.00. The molecule has 6 nitrogen and oxygen atoms in total. The Morgan fingerprint density at radius 1 is 1.12 bits per heavy atom. The third-order valence-electron chi connectivity index (χ3n) is 4.70. The normalized spacial score (nSPS) is 11.5. The van der Waals surface area contributed by atoms with Gasteiger partial charge in [-0.2, -0.15) is 0 Å². The van der Waals surface area contributed by atoms with Crippen molar-refractivity contribution in [3.05, 3.63) is 75.2 Å². The van der Waals surface area contributed by atoms with Crippen LogP contribution in [0.15, 0.2) is 59.1 Å². The minimum absolute atomic E-state index is 0.168. The summed E-state index contributed by atoms with van der Waals surface area (Å²) >= 11 is 9.47. The quantitative estimate of drug-likeness (QED) is 0.322. The van der Waals surface area contributed by atoms with Gasteiger partial charge in [-0.15, -0.1) is 21.5 Å². The van der Waals surface area contributed by atoms with Crippen LogP contribution in [0.5, 0.6) is 0 Å². The van der Waals surface area contributed by atoms with Crippen molar-refractivity contribution in [2.45, 2.75) is 44.1 Å². The molecule has 0 fully saturated rings. The van der Waals surface area contributed by atoms with E-state index < -0.39 is 0 Å². The Bertz CT molecular complexity index is 1290. The number of aryl methyl sites for hydroxylation is 1. The number of amides is 1. The second-order valence-electron chi connectivity index (χ2n) is 8.53. The lowest BCUT2D eigenvalue weighted by Crippen LogP contribution is -2.40. The number of para-hydroxylation sites is 1. The molecule has 0 aliphatic carbocycles. The first-order valence-electron chi connectivity index (χ1n) is 10.4. The molecule has 170 valence electrons. The van der Waals surface area contributed by atoms with Crippen molar-refractivity contribution in [1.29, 1.82) is 0 Å². The van der Waals surface area contributed by atoms with Gasteiger partial charge in [0.25, 0.3) is 5.91 Å². The number of carbonyl (C=O) groups is 1. The number of nitrogens with zero attached hydrogens (tertiary/aromatic N) is 4. The minimum atomic E-state index is -0.311. The van der Waals surface area contributed by atoms with Crippen LogP contribution in [0.3, 0.4) is 0 Å². The molecular formula is C24H24ClN5OS2. The summed E-state index contributed by atoms with van der Waals surface area (Å²) < 4.78 is 2.03. The summed E-state index contributed by atoms with van der Waals surface area (Å²) in [6, 6.07) is 15.7. The van der Waals surface area contributed by atoms with E-state index in [-0.39, 0.29) is 11.4 Å². The topological polar surface area (TPSA) is 72.7 Å². The molecule has 0 saturated heterocycles. The summed E-state index contributed by atoms with van der Waals surface area (Å²) in [6.07, 6.45) is 0. The highest BCUT2D eigenvalue weighted by Gasteiger charge is 2.21. The van der Waals surface area contributed by atoms with E-state index in [4.69, 9.17) is 11.6 Å². The lowest BCUT2D eigenvalue weighted by molar-refractivity contribution is 0.0915. The maximum atomic E-state index is 12.4. The Labute approximate surface area is 206 Å². The second kappa shape index (κ2) is 9.67. The Kier molecular flexibility index (Phi) is 6.88. The van der Waals surface area contributed by atoms with Gasteiger partial charge in [0, 0.05) is 16.5 Å². The number of rotatable bonds is 6. The van der Waals surface area contributed by atoms with Crippen LogP contribution in [0.2, 0.25) is 5.02 Å². The monoisotopic (exact) mass is 497 g/mol. The lowest BCUT2D eigenvalue weighted by atomic mass is 10.1. The van der Waals surface area contributed by atoms with E-state index in [9.17, 15) is 4.79 Å². The van der Waals surface area contributed by atoms with Crippen molar-refractivity contribution >= 4 is 40.6 Å². The van der Waals surface area contributed by atoms with Crippen LogP contribution in [0.4, 0.5) is 0 Å². The summed E-state index contributed by atoms with van der Waals surface area (Å²) in [5.41, 5.74) is 3.03. The number of benzene rings is 2. The van der Waals surface area contributed by atoms with Crippen LogP contribution in [-0.2, 0) is 5.75 Å². The van der Waals surface area contributed by atoms with Gasteiger partial charge in [-0.05, 0) is 51.5 Å². The highest BCUT2D eigenvalue weighted by Crippen LogP contribution is 2.34. The Morgan fingerprint density at radius 2 is 1.85 bits per heavy atom. The van der Waals surface area contributed by atoms with Gasteiger partial charge in [0.15, 0.2) is 11.0 Å². The predicted molar refractivity (Wildman–Crippen MR) is 135 cm³/mol. The van der Waals surface area contributed by atoms with Gasteiger partial charge in [-0.3, -0.25) is 9.36 Å². The molecule has 33 heavy (non-hydrogen) atoms. The smallest absolute Gasteiger partial charge is 0.271 e. The number of hydrogen-bond acceptors (Lipinski definition) is 6. The molecule has 0 bridgehead atoms. The molecule has 4 aromatic rings. The maximum Gasteiger partial charge on any atom is 0.271 e. The highest BCUT2D eigenvalue weighted by molar-refractivity contribution is 7.98. The van der Waals surface area contributed by atoms with E-state index >= 15 is 0 Å². The van der Waals surface area contributed by atoms with Crippen LogP contribution in [0.1, 0.15) is 41.8 Å². The van der Waals surface area contributed by atoms with Gasteiger partial charge in [-0.1, -0.05) is 53.7 Å². The molecule has 4 rings (SSSR count). The SMILES string of the molecule is Cc1ccccc1-n1c(SCc2nc(C(=O)NC(C)(C)C)cs2)nnc1-c1ccccc1Cl. The standard InChI is InChI=1S/C24H24ClN5OS2/c1-15-9-5-8-12-19(15)30-21(16-10-6-7-11-17(16)25)28-29-23(30)33-14-20-26-18(13-32-20)22(31)27-24(2,3)4/h5-13H,14H2,1-4H3,(H,27,31). The molecule has 0 aliphatic rings. The maximum absolute atomic E-state index is 12.4. The molecule has 2 aromatic carbocycles. The van der Waals surface area contributed by atoms with Gasteiger partial charge >= 0.3 is 0 Å². The van der Waals surface area contributed by atoms with Crippen molar-refractivity contribution in [3.8, 4) is 17.1 Å². The Balaban J connectivity index is 1.64. The van der Waals surface area contributed by atoms with Gasteiger partial charge in [0.05, 0.1) is 16.5 Å². The third kappa shape index (κ3) is 5.46. The van der Waals surface area contributed by atoms with Crippen LogP contribution < -0.4 is 5.32 Å². The molecule has 2 aromatic heterocycles. The molecule has 0 atom stereocenters. The largest absolute Gasteiger partial charge is 0.346 e. The molecular weight excluding hydrogens is 474 g/mol. The summed E-state index contributed by atoms with van der Waals surface area (Å²) in [6.45, 7) is 7.90. The van der Waals surface area contributed by atoms with Crippen LogP contribution >= 0.6 is 34.7 Å². The van der Waals surface area contributed by atoms with Crippen LogP contribution in [-0.4, -0.2) is 31.2 Å². The predicted octanol–water partition coefficient (Wildman–Crippen LogP) is 6.17. The lowest BCUT2D eigenvalue weighted by Gasteiger charge is -2.19. The highest BCUT2D eigenvalue weighted by atomic mass is 35.5. The molecule has 0 spiro atoms. The van der Waals surface area contributed by atoms with Gasteiger partial charge in [-0.25, -0.2) is 4.98 Å². The van der Waals surface area contributed by atoms with E-state index in [1.807, 2.05) is 67.8 Å². The number of thiazole rings is 1. The number of carbonyl (C=O) groups excluding carboxylic acids is 1. The number of hydrogen-bond donors (Lipinski definition) is 1. The Hall–Kier alpha value is -2.68. The molecule has 2 heterocycles. The summed E-state index contributed by atoms with van der Waals surface area (Å²) in [5, 5.41) is 15.9. The summed E-state index contributed by atoms with van der Waals surface area (Å²) in [4.78, 5) is 16.9. The zero-order chi connectivity index (χ0) is 23.6. The molecule has 0 saturated carbocycles. The molecule has 9 heteroatoms. The fraction of sp³-hybridized carbons (Fsp3) is 0.250. The van der Waals surface area contributed by atoms with E-state index in [0.29, 0.717) is 22.3 Å². The van der Waals surface area contributed by atoms with E-state index in [0.717, 1.165) is 27.0 Å². The van der Waals surface area contributed by atoms with Crippen LogP contribution in [0, 0.1) is 6.92 Å². The summed E-state index contributed by atoms with van der Waals surface area (Å²) in [5.74, 6) is 1.08. The van der Waals surface area contributed by atoms with Gasteiger partial charge < -0.3 is 5.32 Å². The fourth-order valence-corrected chi connectivity index (χ4v) is 5.18. The van der Waals surface area contributed by atoms with Crippen LogP contribution in [0.25, 0.3) is 17.1 Å². The molecule has 0 aliphatic heterocycles. The summed E-state index contributed by atoms with van der Waals surface area (Å²) in [7, 11) is 0. The second-order valence-corrected chi connectivity index (χ2v) is 10.8. The average Bonchev–Trinajstić information content (AvgIpc) is 3.39. The van der Waals surface area contributed by atoms with Crippen molar-refractivity contribution < 1.29 is 4.79 Å². The first-order chi connectivity index (χ1) is 15.7. The molecule has 0 radical (unpaired) electrons. The number of halogens is 1. The molecule has 1 N–H and O–H groups in total. The van der Waals surface area contributed by atoms with Crippen molar-refractivity contribution in [3.63, 3.8) is 0 Å². The zero-order valence-electron chi connectivity index (χ0n) is 18.8. The van der Waals surface area contributed by atoms with Gasteiger partial charge in [0.1, 0.15) is 10.7 Å². The van der Waals surface area contributed by atoms with E-state index in [1.54, 1.807) is 5.38 Å². The Morgan fingerprint density at radius 3 is 2.58 bits per heavy atom. The van der Waals surface area contributed by atoms with E-state index in [2.05, 4.69) is 33.5 Å². The fourth-order valence-electron chi connectivity index (χ4n) is 3.22. The van der Waals surface area contributed by atoms with Crippen molar-refractivity contribution in [2.75, 3.05) is 0 Å². The van der Waals surface area contributed by atoms with Crippen molar-refractivity contribution in [1.82, 2.24) is 25.1 Å². The number of aromatic nitrogens is 4. The average molecular weight is 498 g/mol. The molecule has 0 unspecified atom stereocenters. The first-order valence-corrected chi connectivity index (χ1v) is 12.6. The molecule has 1 amide bonds. The number of thioether (sulfide) groups is 1. The van der Waals surface area contributed by atoms with E-state index in [1.165, 1.54) is 23.1 Å².